The number of benzene rings is 1. The van der Waals surface area contributed by atoms with Gasteiger partial charge in [0.25, 0.3) is 5.91 Å². The van der Waals surface area contributed by atoms with Gasteiger partial charge in [-0.3, -0.25) is 9.59 Å². The summed E-state index contributed by atoms with van der Waals surface area (Å²) in [5.41, 5.74) is 1.90. The molecule has 1 aliphatic heterocycles. The smallest absolute Gasteiger partial charge is 0.255 e. The number of piperidine rings is 1. The van der Waals surface area contributed by atoms with Crippen molar-refractivity contribution in [3.05, 3.63) is 45.9 Å². The zero-order valence-electron chi connectivity index (χ0n) is 17.1. The van der Waals surface area contributed by atoms with E-state index in [0.29, 0.717) is 29.0 Å². The summed E-state index contributed by atoms with van der Waals surface area (Å²) in [4.78, 5) is 32.1. The van der Waals surface area contributed by atoms with E-state index in [-0.39, 0.29) is 18.2 Å². The lowest BCUT2D eigenvalue weighted by Crippen LogP contribution is -2.42. The number of hydrogen-bond acceptors (Lipinski definition) is 4. The molecule has 2 heterocycles. The SMILES string of the molecule is CC1CC(C)CN(C(=O)c2ccccc2NC(=O)Cc2csc(C(C)C)n2)C1. The number of rotatable bonds is 5. The number of para-hydroxylation sites is 1. The highest BCUT2D eigenvalue weighted by Gasteiger charge is 2.27. The van der Waals surface area contributed by atoms with Gasteiger partial charge in [-0.25, -0.2) is 4.98 Å². The van der Waals surface area contributed by atoms with Crippen molar-refractivity contribution in [1.29, 1.82) is 0 Å². The summed E-state index contributed by atoms with van der Waals surface area (Å²) in [6.07, 6.45) is 1.36. The minimum Gasteiger partial charge on any atom is -0.338 e. The first-order chi connectivity index (χ1) is 13.3. The average molecular weight is 400 g/mol. The lowest BCUT2D eigenvalue weighted by Gasteiger charge is -2.35. The molecule has 2 atom stereocenters. The second kappa shape index (κ2) is 8.86. The second-order valence-corrected chi connectivity index (χ2v) is 9.15. The minimum absolute atomic E-state index is 0.00921. The van der Waals surface area contributed by atoms with Crippen molar-refractivity contribution in [3.8, 4) is 0 Å². The summed E-state index contributed by atoms with van der Waals surface area (Å²) in [5.74, 6) is 1.18. The average Bonchev–Trinajstić information content (AvgIpc) is 3.09. The van der Waals surface area contributed by atoms with Gasteiger partial charge in [-0.1, -0.05) is 39.8 Å². The van der Waals surface area contributed by atoms with Crippen molar-refractivity contribution in [2.75, 3.05) is 18.4 Å². The molecule has 3 rings (SSSR count). The van der Waals surface area contributed by atoms with Crippen LogP contribution < -0.4 is 5.32 Å². The highest BCUT2D eigenvalue weighted by atomic mass is 32.1. The Morgan fingerprint density at radius 3 is 2.54 bits per heavy atom. The summed E-state index contributed by atoms with van der Waals surface area (Å²) < 4.78 is 0. The molecule has 1 aromatic heterocycles. The lowest BCUT2D eigenvalue weighted by molar-refractivity contribution is -0.115. The quantitative estimate of drug-likeness (QED) is 0.801. The molecule has 0 spiro atoms. The van der Waals surface area contributed by atoms with Crippen LogP contribution in [0.1, 0.15) is 61.1 Å². The van der Waals surface area contributed by atoms with E-state index in [1.807, 2.05) is 22.4 Å². The van der Waals surface area contributed by atoms with Gasteiger partial charge in [0.1, 0.15) is 0 Å². The largest absolute Gasteiger partial charge is 0.338 e. The van der Waals surface area contributed by atoms with E-state index in [1.54, 1.807) is 23.5 Å². The molecule has 1 aliphatic rings. The third-order valence-corrected chi connectivity index (χ3v) is 6.19. The number of nitrogens with one attached hydrogen (secondary N) is 1. The zero-order chi connectivity index (χ0) is 20.3. The Morgan fingerprint density at radius 2 is 1.89 bits per heavy atom. The van der Waals surface area contributed by atoms with Crippen molar-refractivity contribution in [1.82, 2.24) is 9.88 Å². The van der Waals surface area contributed by atoms with Crippen LogP contribution in [0.4, 0.5) is 5.69 Å². The molecule has 0 saturated carbocycles. The van der Waals surface area contributed by atoms with E-state index in [9.17, 15) is 9.59 Å². The molecule has 5 nitrogen and oxygen atoms in total. The van der Waals surface area contributed by atoms with Crippen molar-refractivity contribution >= 4 is 28.8 Å². The molecule has 0 radical (unpaired) electrons. The van der Waals surface area contributed by atoms with Crippen molar-refractivity contribution < 1.29 is 9.59 Å². The van der Waals surface area contributed by atoms with Gasteiger partial charge in [0.05, 0.1) is 28.4 Å². The number of likely N-dealkylation sites (tertiary alicyclic amines) is 1. The Labute approximate surface area is 171 Å². The summed E-state index contributed by atoms with van der Waals surface area (Å²) in [6, 6.07) is 7.27. The van der Waals surface area contributed by atoms with Crippen LogP contribution >= 0.6 is 11.3 Å². The fourth-order valence-electron chi connectivity index (χ4n) is 3.81. The molecule has 0 bridgehead atoms. The number of hydrogen-bond donors (Lipinski definition) is 1. The third-order valence-electron chi connectivity index (χ3n) is 4.99. The van der Waals surface area contributed by atoms with Crippen LogP contribution in [0.25, 0.3) is 0 Å². The number of nitrogens with zero attached hydrogens (tertiary/aromatic N) is 2. The van der Waals surface area contributed by atoms with Crippen molar-refractivity contribution in [2.45, 2.75) is 46.5 Å². The maximum atomic E-state index is 13.1. The lowest BCUT2D eigenvalue weighted by atomic mass is 9.91. The van der Waals surface area contributed by atoms with E-state index < -0.39 is 0 Å². The van der Waals surface area contributed by atoms with Crippen LogP contribution in [0.15, 0.2) is 29.6 Å². The number of thiazole rings is 1. The molecule has 150 valence electrons. The Bertz CT molecular complexity index is 836. The van der Waals surface area contributed by atoms with Crippen molar-refractivity contribution in [3.63, 3.8) is 0 Å². The normalized spacial score (nSPS) is 19.7. The Hall–Kier alpha value is -2.21. The van der Waals surface area contributed by atoms with E-state index in [4.69, 9.17) is 0 Å². The first-order valence-corrected chi connectivity index (χ1v) is 10.8. The highest BCUT2D eigenvalue weighted by Crippen LogP contribution is 2.25. The highest BCUT2D eigenvalue weighted by molar-refractivity contribution is 7.09. The Morgan fingerprint density at radius 1 is 1.21 bits per heavy atom. The van der Waals surface area contributed by atoms with E-state index in [1.165, 1.54) is 0 Å². The monoisotopic (exact) mass is 399 g/mol. The van der Waals surface area contributed by atoms with Crippen LogP contribution in [0.5, 0.6) is 0 Å². The van der Waals surface area contributed by atoms with Gasteiger partial charge in [0.15, 0.2) is 0 Å². The van der Waals surface area contributed by atoms with E-state index in [2.05, 4.69) is 38.0 Å². The Kier molecular flexibility index (Phi) is 6.50. The van der Waals surface area contributed by atoms with Crippen LogP contribution in [0, 0.1) is 11.8 Å². The number of aromatic nitrogens is 1. The maximum Gasteiger partial charge on any atom is 0.255 e. The molecule has 1 N–H and O–H groups in total. The molecule has 6 heteroatoms. The fourth-order valence-corrected chi connectivity index (χ4v) is 4.64. The first kappa shape index (κ1) is 20.5. The van der Waals surface area contributed by atoms with Gasteiger partial charge in [0.2, 0.25) is 5.91 Å². The molecule has 1 saturated heterocycles. The zero-order valence-corrected chi connectivity index (χ0v) is 17.9. The standard InChI is InChI=1S/C22H29N3O2S/c1-14(2)21-23-17(13-28-21)10-20(26)24-19-8-6-5-7-18(19)22(27)25-11-15(3)9-16(4)12-25/h5-8,13-16H,9-12H2,1-4H3,(H,24,26). The summed E-state index contributed by atoms with van der Waals surface area (Å²) in [5, 5.41) is 5.89. The van der Waals surface area contributed by atoms with E-state index in [0.717, 1.165) is 30.2 Å². The predicted molar refractivity (Wildman–Crippen MR) is 114 cm³/mol. The number of carbonyl (C=O) groups excluding carboxylic acids is 2. The summed E-state index contributed by atoms with van der Waals surface area (Å²) in [7, 11) is 0. The predicted octanol–water partition coefficient (Wildman–Crippen LogP) is 4.57. The maximum absolute atomic E-state index is 13.1. The Balaban J connectivity index is 1.70. The fraction of sp³-hybridized carbons (Fsp3) is 0.500. The number of amides is 2. The van der Waals surface area contributed by atoms with Gasteiger partial charge >= 0.3 is 0 Å². The topological polar surface area (TPSA) is 62.3 Å². The molecular weight excluding hydrogens is 370 g/mol. The van der Waals surface area contributed by atoms with E-state index >= 15 is 0 Å². The van der Waals surface area contributed by atoms with Gasteiger partial charge in [-0.2, -0.15) is 0 Å². The minimum atomic E-state index is -0.152. The third kappa shape index (κ3) is 4.98. The van der Waals surface area contributed by atoms with Crippen molar-refractivity contribution in [2.24, 2.45) is 11.8 Å². The molecule has 28 heavy (non-hydrogen) atoms. The molecule has 0 aliphatic carbocycles. The van der Waals surface area contributed by atoms with Crippen LogP contribution in [0.3, 0.4) is 0 Å². The van der Waals surface area contributed by atoms with Gasteiger partial charge in [0, 0.05) is 24.4 Å². The first-order valence-electron chi connectivity index (χ1n) is 9.96. The molecule has 2 amide bonds. The number of anilines is 1. The van der Waals surface area contributed by atoms with Crippen LogP contribution in [-0.2, 0) is 11.2 Å². The molecule has 1 aromatic carbocycles. The van der Waals surface area contributed by atoms with Gasteiger partial charge in [-0.05, 0) is 30.4 Å². The summed E-state index contributed by atoms with van der Waals surface area (Å²) >= 11 is 1.58. The second-order valence-electron chi connectivity index (χ2n) is 8.26. The van der Waals surface area contributed by atoms with Gasteiger partial charge in [-0.15, -0.1) is 11.3 Å². The molecular formula is C22H29N3O2S. The van der Waals surface area contributed by atoms with Crippen LogP contribution in [0.2, 0.25) is 0 Å². The number of carbonyl (C=O) groups is 2. The van der Waals surface area contributed by atoms with Crippen LogP contribution in [-0.4, -0.2) is 34.8 Å². The molecule has 1 fully saturated rings. The molecule has 2 unspecified atom stereocenters. The molecule has 2 aromatic rings. The van der Waals surface area contributed by atoms with Gasteiger partial charge < -0.3 is 10.2 Å². The summed E-state index contributed by atoms with van der Waals surface area (Å²) in [6.45, 7) is 10.1.